The van der Waals surface area contributed by atoms with Gasteiger partial charge in [0.05, 0.1) is 13.2 Å². The summed E-state index contributed by atoms with van der Waals surface area (Å²) >= 11 is 0. The van der Waals surface area contributed by atoms with Gasteiger partial charge in [0.1, 0.15) is 0 Å². The molecule has 4 heteroatoms. The van der Waals surface area contributed by atoms with E-state index in [1.807, 2.05) is 24.3 Å². The van der Waals surface area contributed by atoms with Crippen LogP contribution in [0, 0.1) is 0 Å². The maximum Gasteiger partial charge on any atom is 0.251 e. The molecular formula is C19H24N2O2. The third-order valence-corrected chi connectivity index (χ3v) is 5.61. The number of nitrogens with zero attached hydrogens (tertiary/aromatic N) is 1. The summed E-state index contributed by atoms with van der Waals surface area (Å²) < 4.78 is 5.50. The molecule has 1 N–H and O–H groups in total. The number of carbonyl (C=O) groups excluding carboxylic acids is 1. The number of nitrogens with one attached hydrogen (secondary N) is 1. The van der Waals surface area contributed by atoms with Crippen LogP contribution in [0.2, 0.25) is 0 Å². The monoisotopic (exact) mass is 312 g/mol. The summed E-state index contributed by atoms with van der Waals surface area (Å²) in [6.07, 6.45) is 14.9. The SMILES string of the molecule is O=C(NCC1(N2CCOCC2)CCCC1)C1=C2C=CC=C2C=C1. The molecule has 0 aromatic heterocycles. The summed E-state index contributed by atoms with van der Waals surface area (Å²) in [5.41, 5.74) is 3.16. The number of ether oxygens (including phenoxy) is 1. The number of rotatable bonds is 4. The summed E-state index contributed by atoms with van der Waals surface area (Å²) in [5.74, 6) is 0.0609. The fraction of sp³-hybridized carbons (Fsp3) is 0.526. The molecule has 1 aliphatic heterocycles. The Balaban J connectivity index is 1.45. The molecule has 23 heavy (non-hydrogen) atoms. The lowest BCUT2D eigenvalue weighted by Crippen LogP contribution is -2.57. The summed E-state index contributed by atoms with van der Waals surface area (Å²) in [7, 11) is 0. The molecule has 4 aliphatic rings. The minimum atomic E-state index is 0.0609. The smallest absolute Gasteiger partial charge is 0.251 e. The van der Waals surface area contributed by atoms with E-state index in [-0.39, 0.29) is 11.4 Å². The molecule has 0 spiro atoms. The number of allylic oxidation sites excluding steroid dienone is 6. The Bertz CT molecular complexity index is 615. The first-order valence-corrected chi connectivity index (χ1v) is 8.71. The van der Waals surface area contributed by atoms with E-state index in [0.717, 1.165) is 49.6 Å². The fourth-order valence-electron chi connectivity index (χ4n) is 4.30. The Morgan fingerprint density at radius 1 is 1.17 bits per heavy atom. The lowest BCUT2D eigenvalue weighted by Gasteiger charge is -2.43. The maximum atomic E-state index is 12.6. The van der Waals surface area contributed by atoms with Crippen molar-refractivity contribution in [1.82, 2.24) is 10.2 Å². The first-order valence-electron chi connectivity index (χ1n) is 8.71. The van der Waals surface area contributed by atoms with Crippen molar-refractivity contribution in [3.8, 4) is 0 Å². The Morgan fingerprint density at radius 2 is 1.96 bits per heavy atom. The van der Waals surface area contributed by atoms with Gasteiger partial charge in [0, 0.05) is 30.7 Å². The minimum Gasteiger partial charge on any atom is -0.379 e. The molecule has 4 rings (SSSR count). The second-order valence-electron chi connectivity index (χ2n) is 6.86. The van der Waals surface area contributed by atoms with Crippen molar-refractivity contribution in [3.05, 3.63) is 47.1 Å². The van der Waals surface area contributed by atoms with E-state index in [2.05, 4.69) is 16.3 Å². The number of hydrogen-bond donors (Lipinski definition) is 1. The zero-order valence-corrected chi connectivity index (χ0v) is 13.5. The average molecular weight is 312 g/mol. The summed E-state index contributed by atoms with van der Waals surface area (Å²) in [5, 5.41) is 3.23. The third kappa shape index (κ3) is 2.70. The van der Waals surface area contributed by atoms with E-state index in [1.165, 1.54) is 25.7 Å². The highest BCUT2D eigenvalue weighted by atomic mass is 16.5. The third-order valence-electron chi connectivity index (χ3n) is 5.61. The molecule has 3 aliphatic carbocycles. The molecule has 0 aromatic carbocycles. The molecule has 1 saturated carbocycles. The van der Waals surface area contributed by atoms with Crippen molar-refractivity contribution in [2.75, 3.05) is 32.8 Å². The normalized spacial score (nSPS) is 25.8. The standard InChI is InChI=1S/C19H24N2O2/c22-18(17-7-6-15-4-3-5-16(15)17)20-14-19(8-1-2-9-19)21-10-12-23-13-11-21/h3-7H,1-2,8-14H2,(H,20,22). The van der Waals surface area contributed by atoms with Gasteiger partial charge in [-0.15, -0.1) is 0 Å². The van der Waals surface area contributed by atoms with E-state index in [4.69, 9.17) is 4.74 Å². The minimum absolute atomic E-state index is 0.0609. The Kier molecular flexibility index (Phi) is 3.95. The van der Waals surface area contributed by atoms with Crippen LogP contribution < -0.4 is 5.32 Å². The molecule has 0 radical (unpaired) electrons. The first-order chi connectivity index (χ1) is 11.3. The Hall–Kier alpha value is -1.65. The van der Waals surface area contributed by atoms with Crippen LogP contribution >= 0.6 is 0 Å². The number of carbonyl (C=O) groups is 1. The van der Waals surface area contributed by atoms with Gasteiger partial charge in [-0.3, -0.25) is 9.69 Å². The van der Waals surface area contributed by atoms with Gasteiger partial charge in [0.25, 0.3) is 5.91 Å². The fourth-order valence-corrected chi connectivity index (χ4v) is 4.30. The molecule has 1 heterocycles. The number of amides is 1. The van der Waals surface area contributed by atoms with Crippen molar-refractivity contribution in [3.63, 3.8) is 0 Å². The van der Waals surface area contributed by atoms with Gasteiger partial charge >= 0.3 is 0 Å². The number of morpholine rings is 1. The maximum absolute atomic E-state index is 12.6. The van der Waals surface area contributed by atoms with Crippen LogP contribution in [0.4, 0.5) is 0 Å². The molecule has 0 unspecified atom stereocenters. The predicted molar refractivity (Wildman–Crippen MR) is 90.0 cm³/mol. The van der Waals surface area contributed by atoms with Crippen LogP contribution in [0.5, 0.6) is 0 Å². The van der Waals surface area contributed by atoms with Crippen LogP contribution in [-0.4, -0.2) is 49.2 Å². The van der Waals surface area contributed by atoms with E-state index < -0.39 is 0 Å². The highest BCUT2D eigenvalue weighted by Gasteiger charge is 2.40. The highest BCUT2D eigenvalue weighted by molar-refractivity contribution is 6.00. The number of fused-ring (bicyclic) bond motifs is 1. The Labute approximate surface area is 137 Å². The second-order valence-corrected chi connectivity index (χ2v) is 6.86. The van der Waals surface area contributed by atoms with Crippen LogP contribution in [0.25, 0.3) is 0 Å². The van der Waals surface area contributed by atoms with Crippen molar-refractivity contribution in [1.29, 1.82) is 0 Å². The molecular weight excluding hydrogens is 288 g/mol. The quantitative estimate of drug-likeness (QED) is 0.864. The average Bonchev–Trinajstić information content (AvgIpc) is 3.30. The van der Waals surface area contributed by atoms with Gasteiger partial charge in [-0.05, 0) is 30.1 Å². The molecule has 0 aromatic rings. The zero-order chi connectivity index (χ0) is 15.7. The highest BCUT2D eigenvalue weighted by Crippen LogP contribution is 2.36. The van der Waals surface area contributed by atoms with Crippen molar-refractivity contribution in [2.24, 2.45) is 0 Å². The molecule has 0 atom stereocenters. The summed E-state index contributed by atoms with van der Waals surface area (Å²) in [6.45, 7) is 4.34. The van der Waals surface area contributed by atoms with Gasteiger partial charge in [-0.25, -0.2) is 0 Å². The predicted octanol–water partition coefficient (Wildman–Crippen LogP) is 2.11. The first kappa shape index (κ1) is 14.9. The van der Waals surface area contributed by atoms with Crippen LogP contribution in [-0.2, 0) is 9.53 Å². The van der Waals surface area contributed by atoms with Crippen LogP contribution in [0.1, 0.15) is 25.7 Å². The second kappa shape index (κ2) is 6.10. The van der Waals surface area contributed by atoms with Gasteiger partial charge in [0.2, 0.25) is 0 Å². The lowest BCUT2D eigenvalue weighted by atomic mass is 9.94. The van der Waals surface area contributed by atoms with Crippen molar-refractivity contribution in [2.45, 2.75) is 31.2 Å². The van der Waals surface area contributed by atoms with Gasteiger partial charge in [0.15, 0.2) is 0 Å². The number of hydrogen-bond acceptors (Lipinski definition) is 3. The van der Waals surface area contributed by atoms with Crippen LogP contribution in [0.15, 0.2) is 47.1 Å². The van der Waals surface area contributed by atoms with E-state index in [1.54, 1.807) is 0 Å². The van der Waals surface area contributed by atoms with Gasteiger partial charge in [-0.2, -0.15) is 0 Å². The summed E-state index contributed by atoms with van der Waals surface area (Å²) in [4.78, 5) is 15.2. The molecule has 4 nitrogen and oxygen atoms in total. The molecule has 122 valence electrons. The molecule has 1 amide bonds. The van der Waals surface area contributed by atoms with E-state index in [9.17, 15) is 4.79 Å². The summed E-state index contributed by atoms with van der Waals surface area (Å²) in [6, 6.07) is 0. The lowest BCUT2D eigenvalue weighted by molar-refractivity contribution is -0.118. The van der Waals surface area contributed by atoms with Gasteiger partial charge < -0.3 is 10.1 Å². The topological polar surface area (TPSA) is 41.6 Å². The van der Waals surface area contributed by atoms with Crippen molar-refractivity contribution < 1.29 is 9.53 Å². The van der Waals surface area contributed by atoms with E-state index >= 15 is 0 Å². The molecule has 0 bridgehead atoms. The van der Waals surface area contributed by atoms with Crippen molar-refractivity contribution >= 4 is 5.91 Å². The van der Waals surface area contributed by atoms with Gasteiger partial charge in [-0.1, -0.05) is 37.1 Å². The molecule has 2 fully saturated rings. The van der Waals surface area contributed by atoms with Crippen LogP contribution in [0.3, 0.4) is 0 Å². The zero-order valence-electron chi connectivity index (χ0n) is 13.5. The Morgan fingerprint density at radius 3 is 2.74 bits per heavy atom. The molecule has 1 saturated heterocycles. The van der Waals surface area contributed by atoms with E-state index in [0.29, 0.717) is 0 Å². The largest absolute Gasteiger partial charge is 0.379 e.